The summed E-state index contributed by atoms with van der Waals surface area (Å²) >= 11 is 11.8. The monoisotopic (exact) mass is 333 g/mol. The number of likely N-dealkylation sites (N-methyl/N-ethyl adjacent to an activating group) is 1. The van der Waals surface area contributed by atoms with Crippen molar-refractivity contribution in [3.63, 3.8) is 0 Å². The predicted octanol–water partition coefficient (Wildman–Crippen LogP) is 3.08. The number of nitrogens with zero attached hydrogens (tertiary/aromatic N) is 1. The average Bonchev–Trinajstić information content (AvgIpc) is 2.42. The molecule has 5 nitrogen and oxygen atoms in total. The van der Waals surface area contributed by atoms with Gasteiger partial charge in [0, 0.05) is 18.1 Å². The van der Waals surface area contributed by atoms with E-state index in [1.165, 1.54) is 11.0 Å². The zero-order valence-corrected chi connectivity index (χ0v) is 13.3. The fourth-order valence-corrected chi connectivity index (χ4v) is 2.18. The molecule has 1 aromatic carbocycles. The van der Waals surface area contributed by atoms with Crippen LogP contribution in [-0.2, 0) is 9.59 Å². The first-order valence-electron chi connectivity index (χ1n) is 6.47. The number of halogens is 2. The molecule has 1 amide bonds. The number of carbonyl (C=O) groups is 2. The zero-order chi connectivity index (χ0) is 16.0. The van der Waals surface area contributed by atoms with Crippen LogP contribution in [0, 0.1) is 0 Å². The van der Waals surface area contributed by atoms with Gasteiger partial charge in [-0.25, -0.2) is 0 Å². The Kier molecular flexibility index (Phi) is 6.78. The molecular formula is C14H17Cl2NO4. The Hall–Kier alpha value is -1.46. The van der Waals surface area contributed by atoms with E-state index in [2.05, 4.69) is 0 Å². The molecule has 0 bridgehead atoms. The number of hydrogen-bond donors (Lipinski definition) is 1. The van der Waals surface area contributed by atoms with Gasteiger partial charge in [-0.15, -0.1) is 0 Å². The molecule has 0 spiro atoms. The Bertz CT molecular complexity index is 522. The van der Waals surface area contributed by atoms with E-state index in [1.54, 1.807) is 26.0 Å². The van der Waals surface area contributed by atoms with E-state index in [-0.39, 0.29) is 18.9 Å². The highest BCUT2D eigenvalue weighted by molar-refractivity contribution is 6.35. The van der Waals surface area contributed by atoms with Crippen molar-refractivity contribution < 1.29 is 19.4 Å². The molecule has 0 saturated carbocycles. The topological polar surface area (TPSA) is 66.8 Å². The lowest BCUT2D eigenvalue weighted by atomic mass is 10.3. The second kappa shape index (κ2) is 8.10. The van der Waals surface area contributed by atoms with E-state index >= 15 is 0 Å². The van der Waals surface area contributed by atoms with Gasteiger partial charge in [0.1, 0.15) is 5.75 Å². The average molecular weight is 334 g/mol. The number of aliphatic carboxylic acids is 1. The number of ether oxygens (including phenoxy) is 1. The summed E-state index contributed by atoms with van der Waals surface area (Å²) in [5, 5.41) is 9.47. The molecule has 116 valence electrons. The fourth-order valence-electron chi connectivity index (χ4n) is 1.72. The molecule has 0 aliphatic heterocycles. The Labute approximate surface area is 133 Å². The molecule has 0 saturated heterocycles. The van der Waals surface area contributed by atoms with Crippen molar-refractivity contribution in [3.8, 4) is 5.75 Å². The number of hydrogen-bond acceptors (Lipinski definition) is 3. The number of benzene rings is 1. The molecule has 0 radical (unpaired) electrons. The standard InChI is InChI=1S/C14H17Cl2NO4/c1-3-17(7-6-13(18)19)14(20)9(2)21-12-5-4-10(15)8-11(12)16/h4-5,8-9H,3,6-7H2,1-2H3,(H,18,19). The van der Waals surface area contributed by atoms with Crippen molar-refractivity contribution in [2.45, 2.75) is 26.4 Å². The van der Waals surface area contributed by atoms with E-state index in [9.17, 15) is 9.59 Å². The first kappa shape index (κ1) is 17.6. The molecule has 1 atom stereocenters. The van der Waals surface area contributed by atoms with Crippen LogP contribution in [0.3, 0.4) is 0 Å². The number of carbonyl (C=O) groups excluding carboxylic acids is 1. The van der Waals surface area contributed by atoms with Crippen molar-refractivity contribution in [1.82, 2.24) is 4.90 Å². The molecule has 1 N–H and O–H groups in total. The van der Waals surface area contributed by atoms with Gasteiger partial charge in [0.05, 0.1) is 11.4 Å². The second-order valence-corrected chi connectivity index (χ2v) is 5.24. The van der Waals surface area contributed by atoms with Gasteiger partial charge in [0.15, 0.2) is 6.10 Å². The van der Waals surface area contributed by atoms with Crippen molar-refractivity contribution in [3.05, 3.63) is 28.2 Å². The number of carboxylic acids is 1. The minimum absolute atomic E-state index is 0.103. The lowest BCUT2D eigenvalue weighted by Gasteiger charge is -2.24. The van der Waals surface area contributed by atoms with E-state index < -0.39 is 12.1 Å². The van der Waals surface area contributed by atoms with Crippen LogP contribution in [0.5, 0.6) is 5.75 Å². The maximum Gasteiger partial charge on any atom is 0.305 e. The molecule has 0 heterocycles. The summed E-state index contributed by atoms with van der Waals surface area (Å²) < 4.78 is 5.52. The third kappa shape index (κ3) is 5.44. The van der Waals surface area contributed by atoms with E-state index in [4.69, 9.17) is 33.0 Å². The Morgan fingerprint density at radius 2 is 2.05 bits per heavy atom. The Balaban J connectivity index is 2.70. The van der Waals surface area contributed by atoms with Gasteiger partial charge in [-0.2, -0.15) is 0 Å². The lowest BCUT2D eigenvalue weighted by Crippen LogP contribution is -2.41. The van der Waals surface area contributed by atoms with Crippen molar-refractivity contribution in [2.24, 2.45) is 0 Å². The molecule has 1 rings (SSSR count). The van der Waals surface area contributed by atoms with Gasteiger partial charge in [-0.05, 0) is 32.0 Å². The fraction of sp³-hybridized carbons (Fsp3) is 0.429. The maximum absolute atomic E-state index is 12.2. The molecule has 21 heavy (non-hydrogen) atoms. The summed E-state index contributed by atoms with van der Waals surface area (Å²) in [6.07, 6.45) is -0.869. The highest BCUT2D eigenvalue weighted by atomic mass is 35.5. The van der Waals surface area contributed by atoms with E-state index in [0.717, 1.165) is 0 Å². The lowest BCUT2D eigenvalue weighted by molar-refractivity contribution is -0.140. The Morgan fingerprint density at radius 3 is 2.57 bits per heavy atom. The quantitative estimate of drug-likeness (QED) is 0.832. The van der Waals surface area contributed by atoms with Gasteiger partial charge in [-0.3, -0.25) is 9.59 Å². The summed E-state index contributed by atoms with van der Waals surface area (Å²) in [4.78, 5) is 24.2. The summed E-state index contributed by atoms with van der Waals surface area (Å²) in [5.41, 5.74) is 0. The van der Waals surface area contributed by atoms with Gasteiger partial charge < -0.3 is 14.7 Å². The predicted molar refractivity (Wildman–Crippen MR) is 81.1 cm³/mol. The highest BCUT2D eigenvalue weighted by Crippen LogP contribution is 2.28. The molecule has 0 aromatic heterocycles. The van der Waals surface area contributed by atoms with Crippen molar-refractivity contribution in [2.75, 3.05) is 13.1 Å². The third-order valence-electron chi connectivity index (χ3n) is 2.83. The van der Waals surface area contributed by atoms with Crippen molar-refractivity contribution >= 4 is 35.1 Å². The highest BCUT2D eigenvalue weighted by Gasteiger charge is 2.22. The largest absolute Gasteiger partial charge is 0.481 e. The molecule has 1 unspecified atom stereocenters. The van der Waals surface area contributed by atoms with Gasteiger partial charge in [-0.1, -0.05) is 23.2 Å². The van der Waals surface area contributed by atoms with Crippen LogP contribution in [0.15, 0.2) is 18.2 Å². The van der Waals surface area contributed by atoms with Gasteiger partial charge >= 0.3 is 5.97 Å². The molecule has 0 aliphatic rings. The number of amides is 1. The zero-order valence-electron chi connectivity index (χ0n) is 11.8. The van der Waals surface area contributed by atoms with Crippen LogP contribution in [0.25, 0.3) is 0 Å². The molecular weight excluding hydrogens is 317 g/mol. The number of rotatable bonds is 7. The van der Waals surface area contributed by atoms with Crippen LogP contribution in [-0.4, -0.2) is 41.1 Å². The maximum atomic E-state index is 12.2. The second-order valence-electron chi connectivity index (χ2n) is 4.40. The first-order valence-corrected chi connectivity index (χ1v) is 7.23. The molecule has 7 heteroatoms. The van der Waals surface area contributed by atoms with Gasteiger partial charge in [0.2, 0.25) is 0 Å². The Morgan fingerprint density at radius 1 is 1.38 bits per heavy atom. The molecule has 0 fully saturated rings. The summed E-state index contributed by atoms with van der Waals surface area (Å²) in [6.45, 7) is 3.93. The first-order chi connectivity index (χ1) is 9.85. The van der Waals surface area contributed by atoms with Crippen LogP contribution in [0.1, 0.15) is 20.3 Å². The normalized spacial score (nSPS) is 11.8. The summed E-state index contributed by atoms with van der Waals surface area (Å²) in [7, 11) is 0. The minimum atomic E-state index is -0.949. The van der Waals surface area contributed by atoms with Crippen LogP contribution >= 0.6 is 23.2 Å². The van der Waals surface area contributed by atoms with Gasteiger partial charge in [0.25, 0.3) is 5.91 Å². The van der Waals surface area contributed by atoms with Crippen LogP contribution in [0.4, 0.5) is 0 Å². The summed E-state index contributed by atoms with van der Waals surface area (Å²) in [6, 6.07) is 4.72. The number of carboxylic acid groups (broad SMARTS) is 1. The minimum Gasteiger partial charge on any atom is -0.481 e. The third-order valence-corrected chi connectivity index (χ3v) is 3.36. The van der Waals surface area contributed by atoms with Crippen molar-refractivity contribution in [1.29, 1.82) is 0 Å². The summed E-state index contributed by atoms with van der Waals surface area (Å²) in [5.74, 6) is -0.878. The smallest absolute Gasteiger partial charge is 0.305 e. The SMILES string of the molecule is CCN(CCC(=O)O)C(=O)C(C)Oc1ccc(Cl)cc1Cl. The van der Waals surface area contributed by atoms with Crippen LogP contribution < -0.4 is 4.74 Å². The molecule has 1 aromatic rings. The van der Waals surface area contributed by atoms with Crippen LogP contribution in [0.2, 0.25) is 10.0 Å². The van der Waals surface area contributed by atoms with E-state index in [0.29, 0.717) is 22.3 Å². The van der Waals surface area contributed by atoms with E-state index in [1.807, 2.05) is 0 Å². The molecule has 0 aliphatic carbocycles.